The van der Waals surface area contributed by atoms with Crippen LogP contribution in [0.25, 0.3) is 22.3 Å². The zero-order chi connectivity index (χ0) is 25.3. The number of fused-ring (bicyclic) bond motifs is 1. The topological polar surface area (TPSA) is 103 Å². The molecule has 1 amide bonds. The van der Waals surface area contributed by atoms with E-state index in [0.29, 0.717) is 46.7 Å². The third-order valence-electron chi connectivity index (χ3n) is 7.12. The monoisotopic (exact) mass is 508 g/mol. The maximum Gasteiger partial charge on any atom is 0.252 e. The second kappa shape index (κ2) is 10.0. The summed E-state index contributed by atoms with van der Waals surface area (Å²) >= 11 is 0. The van der Waals surface area contributed by atoms with E-state index < -0.39 is 9.84 Å². The van der Waals surface area contributed by atoms with Crippen molar-refractivity contribution in [2.75, 3.05) is 25.2 Å². The van der Waals surface area contributed by atoms with Gasteiger partial charge < -0.3 is 10.1 Å². The fraction of sp³-hybridized carbons (Fsp3) is 0.444. The van der Waals surface area contributed by atoms with Crippen LogP contribution >= 0.6 is 0 Å². The van der Waals surface area contributed by atoms with Gasteiger partial charge in [-0.1, -0.05) is 23.8 Å². The number of sulfone groups is 1. The van der Waals surface area contributed by atoms with Crippen molar-refractivity contribution in [2.45, 2.75) is 51.5 Å². The van der Waals surface area contributed by atoms with Crippen LogP contribution in [-0.2, 0) is 9.84 Å². The number of methoxy groups -OCH3 is 1. The Hall–Kier alpha value is -3.20. The van der Waals surface area contributed by atoms with Crippen molar-refractivity contribution in [1.29, 1.82) is 0 Å². The number of pyridine rings is 1. The van der Waals surface area contributed by atoms with Gasteiger partial charge in [0.1, 0.15) is 5.75 Å². The lowest BCUT2D eigenvalue weighted by Crippen LogP contribution is -2.25. The second-order valence-electron chi connectivity index (χ2n) is 9.69. The van der Waals surface area contributed by atoms with E-state index in [1.165, 1.54) is 18.4 Å². The summed E-state index contributed by atoms with van der Waals surface area (Å²) in [5.41, 5.74) is 4.53. The number of nitrogens with zero attached hydrogens (tertiary/aromatic N) is 3. The van der Waals surface area contributed by atoms with Crippen molar-refractivity contribution in [3.05, 3.63) is 53.2 Å². The summed E-state index contributed by atoms with van der Waals surface area (Å²) in [7, 11) is -1.51. The van der Waals surface area contributed by atoms with Gasteiger partial charge in [-0.3, -0.25) is 4.79 Å². The molecule has 0 spiro atoms. The normalized spacial score (nSPS) is 19.3. The summed E-state index contributed by atoms with van der Waals surface area (Å²) < 4.78 is 31.5. The molecule has 1 N–H and O–H groups in total. The second-order valence-corrected chi connectivity index (χ2v) is 11.9. The van der Waals surface area contributed by atoms with Gasteiger partial charge in [0.15, 0.2) is 15.5 Å². The van der Waals surface area contributed by atoms with Crippen LogP contribution in [0, 0.1) is 6.92 Å². The summed E-state index contributed by atoms with van der Waals surface area (Å²) in [5, 5.41) is 8.44. The molecule has 36 heavy (non-hydrogen) atoms. The molecule has 3 heterocycles. The predicted molar refractivity (Wildman–Crippen MR) is 140 cm³/mol. The minimum Gasteiger partial charge on any atom is -0.497 e. The Bertz CT molecular complexity index is 1440. The molecular formula is C27H32N4O4S. The molecule has 1 aromatic carbocycles. The Morgan fingerprint density at radius 3 is 2.83 bits per heavy atom. The van der Waals surface area contributed by atoms with E-state index in [9.17, 15) is 13.2 Å². The van der Waals surface area contributed by atoms with E-state index in [0.717, 1.165) is 24.8 Å². The van der Waals surface area contributed by atoms with Crippen LogP contribution < -0.4 is 10.1 Å². The van der Waals surface area contributed by atoms with E-state index in [1.54, 1.807) is 17.9 Å². The number of amides is 1. The lowest BCUT2D eigenvalue weighted by atomic mass is 9.97. The van der Waals surface area contributed by atoms with Crippen LogP contribution in [0.5, 0.6) is 5.75 Å². The first-order valence-corrected chi connectivity index (χ1v) is 14.4. The lowest BCUT2D eigenvalue weighted by Gasteiger charge is -2.14. The molecule has 5 rings (SSSR count). The van der Waals surface area contributed by atoms with E-state index in [2.05, 4.69) is 16.5 Å². The number of aromatic nitrogens is 3. The van der Waals surface area contributed by atoms with Crippen molar-refractivity contribution in [3.63, 3.8) is 0 Å². The molecule has 2 aromatic heterocycles. The summed E-state index contributed by atoms with van der Waals surface area (Å²) in [5.74, 6) is 0.680. The van der Waals surface area contributed by atoms with Gasteiger partial charge in [0.2, 0.25) is 0 Å². The van der Waals surface area contributed by atoms with Crippen molar-refractivity contribution in [3.8, 4) is 17.0 Å². The minimum atomic E-state index is -3.11. The molecule has 1 aliphatic heterocycles. The zero-order valence-electron chi connectivity index (χ0n) is 20.8. The molecule has 0 radical (unpaired) electrons. The third-order valence-corrected chi connectivity index (χ3v) is 8.87. The lowest BCUT2D eigenvalue weighted by molar-refractivity contribution is 0.0955. The molecule has 1 aliphatic carbocycles. The maximum absolute atomic E-state index is 13.5. The average Bonchev–Trinajstić information content (AvgIpc) is 3.42. The van der Waals surface area contributed by atoms with Crippen LogP contribution in [0.2, 0.25) is 0 Å². The number of nitrogens with one attached hydrogen (secondary N) is 1. The van der Waals surface area contributed by atoms with Gasteiger partial charge in [0.05, 0.1) is 47.0 Å². The minimum absolute atomic E-state index is 0.0327. The number of carbonyl (C=O) groups excluding carboxylic acids is 1. The molecule has 2 aliphatic rings. The number of hydrogen-bond acceptors (Lipinski definition) is 6. The largest absolute Gasteiger partial charge is 0.497 e. The Labute approximate surface area is 211 Å². The summed E-state index contributed by atoms with van der Waals surface area (Å²) in [4.78, 5) is 18.4. The van der Waals surface area contributed by atoms with Gasteiger partial charge >= 0.3 is 0 Å². The number of allylic oxidation sites excluding steroid dienone is 1. The molecule has 3 aromatic rings. The highest BCUT2D eigenvalue weighted by atomic mass is 32.2. The molecule has 1 unspecified atom stereocenters. The first-order valence-electron chi connectivity index (χ1n) is 12.6. The van der Waals surface area contributed by atoms with Crippen LogP contribution in [0.1, 0.15) is 60.6 Å². The molecule has 9 heteroatoms. The average molecular weight is 509 g/mol. The molecule has 190 valence electrons. The van der Waals surface area contributed by atoms with Crippen molar-refractivity contribution in [1.82, 2.24) is 20.1 Å². The smallest absolute Gasteiger partial charge is 0.252 e. The Morgan fingerprint density at radius 1 is 1.25 bits per heavy atom. The Kier molecular flexibility index (Phi) is 6.83. The molecule has 0 saturated carbocycles. The number of rotatable bonds is 7. The van der Waals surface area contributed by atoms with Crippen LogP contribution in [0.3, 0.4) is 0 Å². The van der Waals surface area contributed by atoms with Gasteiger partial charge in [-0.15, -0.1) is 0 Å². The SMILES string of the molecule is COc1cccc(-c2cc(C(=O)NCCC3=CCCCC3)c3c(C)nn(C4CCS(=O)(=O)C4)c3n2)c1. The van der Waals surface area contributed by atoms with Crippen LogP contribution in [0.15, 0.2) is 42.0 Å². The molecule has 1 atom stereocenters. The highest BCUT2D eigenvalue weighted by Crippen LogP contribution is 2.33. The van der Waals surface area contributed by atoms with Crippen molar-refractivity contribution >= 4 is 26.8 Å². The maximum atomic E-state index is 13.5. The first kappa shape index (κ1) is 24.5. The van der Waals surface area contributed by atoms with E-state index >= 15 is 0 Å². The highest BCUT2D eigenvalue weighted by molar-refractivity contribution is 7.91. The zero-order valence-corrected chi connectivity index (χ0v) is 21.6. The fourth-order valence-corrected chi connectivity index (χ4v) is 6.90. The van der Waals surface area contributed by atoms with E-state index in [1.807, 2.05) is 31.2 Å². The highest BCUT2D eigenvalue weighted by Gasteiger charge is 2.32. The molecule has 1 fully saturated rings. The van der Waals surface area contributed by atoms with Crippen molar-refractivity contribution in [2.24, 2.45) is 0 Å². The summed E-state index contributed by atoms with van der Waals surface area (Å²) in [6.07, 6.45) is 8.30. The third kappa shape index (κ3) is 5.02. The standard InChI is InChI=1S/C27H32N4O4S/c1-18-25-23(27(32)28-13-11-19-7-4-3-5-8-19)16-24(20-9-6-10-22(15-20)35-2)29-26(25)31(30-18)21-12-14-36(33,34)17-21/h6-7,9-10,15-16,21H,3-5,8,11-14,17H2,1-2H3,(H,28,32). The number of aryl methyl sites for hydroxylation is 1. The number of ether oxygens (including phenoxy) is 1. The van der Waals surface area contributed by atoms with Gasteiger partial charge in [-0.05, 0) is 63.6 Å². The molecule has 1 saturated heterocycles. The predicted octanol–water partition coefficient (Wildman–Crippen LogP) is 4.40. The summed E-state index contributed by atoms with van der Waals surface area (Å²) in [6.45, 7) is 2.41. The first-order chi connectivity index (χ1) is 17.3. The summed E-state index contributed by atoms with van der Waals surface area (Å²) in [6, 6.07) is 9.03. The molecule has 0 bridgehead atoms. The Morgan fingerprint density at radius 2 is 2.11 bits per heavy atom. The quantitative estimate of drug-likeness (QED) is 0.475. The van der Waals surface area contributed by atoms with Gasteiger partial charge in [0.25, 0.3) is 5.91 Å². The van der Waals surface area contributed by atoms with Gasteiger partial charge in [0, 0.05) is 12.1 Å². The molecule has 8 nitrogen and oxygen atoms in total. The van der Waals surface area contributed by atoms with Gasteiger partial charge in [-0.25, -0.2) is 18.1 Å². The van der Waals surface area contributed by atoms with Crippen molar-refractivity contribution < 1.29 is 17.9 Å². The number of carbonyl (C=O) groups is 1. The van der Waals surface area contributed by atoms with Gasteiger partial charge in [-0.2, -0.15) is 5.10 Å². The van der Waals surface area contributed by atoms with E-state index in [4.69, 9.17) is 9.72 Å². The van der Waals surface area contributed by atoms with Crippen LogP contribution in [-0.4, -0.2) is 54.2 Å². The number of benzene rings is 1. The fourth-order valence-electron chi connectivity index (χ4n) is 5.21. The van der Waals surface area contributed by atoms with Crippen LogP contribution in [0.4, 0.5) is 0 Å². The number of hydrogen-bond donors (Lipinski definition) is 1. The Balaban J connectivity index is 1.55. The molecular weight excluding hydrogens is 476 g/mol. The van der Waals surface area contributed by atoms with E-state index in [-0.39, 0.29) is 23.5 Å².